The minimum absolute atomic E-state index is 0.209. The molecule has 25 heavy (non-hydrogen) atoms. The zero-order chi connectivity index (χ0) is 18.6. The first kappa shape index (κ1) is 18.6. The largest absolute Gasteiger partial charge is 0.497 e. The van der Waals surface area contributed by atoms with Gasteiger partial charge in [-0.2, -0.15) is 0 Å². The van der Waals surface area contributed by atoms with Gasteiger partial charge in [-0.25, -0.2) is 0 Å². The molecule has 0 spiro atoms. The number of benzene rings is 2. The van der Waals surface area contributed by atoms with Gasteiger partial charge in [-0.3, -0.25) is 9.59 Å². The normalized spacial score (nSPS) is 10.1. The van der Waals surface area contributed by atoms with Crippen molar-refractivity contribution in [1.82, 2.24) is 4.90 Å². The second kappa shape index (κ2) is 7.90. The van der Waals surface area contributed by atoms with E-state index in [2.05, 4.69) is 5.32 Å². The van der Waals surface area contributed by atoms with Crippen LogP contribution < -0.4 is 14.8 Å². The van der Waals surface area contributed by atoms with Gasteiger partial charge in [0.2, 0.25) is 0 Å². The molecule has 2 aromatic carbocycles. The quantitative estimate of drug-likeness (QED) is 0.886. The Balaban J connectivity index is 2.24. The first-order valence-corrected chi connectivity index (χ1v) is 7.79. The van der Waals surface area contributed by atoms with Crippen LogP contribution in [-0.2, 0) is 0 Å². The van der Waals surface area contributed by atoms with Gasteiger partial charge < -0.3 is 19.7 Å². The number of ether oxygens (including phenoxy) is 2. The molecule has 0 atom stereocenters. The summed E-state index contributed by atoms with van der Waals surface area (Å²) in [5.74, 6) is 0.410. The maximum Gasteiger partial charge on any atom is 0.259 e. The monoisotopic (exact) mass is 362 g/mol. The summed E-state index contributed by atoms with van der Waals surface area (Å²) in [7, 11) is 6.30. The number of methoxy groups -OCH3 is 2. The third kappa shape index (κ3) is 4.22. The van der Waals surface area contributed by atoms with Crippen LogP contribution in [0.5, 0.6) is 11.5 Å². The molecule has 0 aliphatic carbocycles. The van der Waals surface area contributed by atoms with Crippen molar-refractivity contribution in [3.8, 4) is 11.5 Å². The minimum Gasteiger partial charge on any atom is -0.497 e. The molecule has 0 saturated carbocycles. The molecule has 7 heteroatoms. The van der Waals surface area contributed by atoms with Gasteiger partial charge in [0.15, 0.2) is 0 Å². The SMILES string of the molecule is COc1ccc(C(=O)Nc2ccc(C(=O)N(C)C)c(Cl)c2)c(OC)c1. The number of hydrogen-bond acceptors (Lipinski definition) is 4. The fourth-order valence-corrected chi connectivity index (χ4v) is 2.45. The zero-order valence-corrected chi connectivity index (χ0v) is 15.2. The van der Waals surface area contributed by atoms with E-state index in [0.29, 0.717) is 28.3 Å². The Morgan fingerprint density at radius 1 is 1.00 bits per heavy atom. The van der Waals surface area contributed by atoms with Crippen LogP contribution in [0.25, 0.3) is 0 Å². The van der Waals surface area contributed by atoms with Gasteiger partial charge >= 0.3 is 0 Å². The summed E-state index contributed by atoms with van der Waals surface area (Å²) >= 11 is 6.16. The van der Waals surface area contributed by atoms with Crippen LogP contribution in [0.1, 0.15) is 20.7 Å². The molecule has 0 aliphatic heterocycles. The lowest BCUT2D eigenvalue weighted by Gasteiger charge is -2.13. The van der Waals surface area contributed by atoms with E-state index in [1.54, 1.807) is 44.4 Å². The Bertz CT molecular complexity index is 806. The number of rotatable bonds is 5. The first-order chi connectivity index (χ1) is 11.9. The number of halogens is 1. The predicted molar refractivity (Wildman–Crippen MR) is 97.0 cm³/mol. The molecule has 0 bridgehead atoms. The number of nitrogens with zero attached hydrogens (tertiary/aromatic N) is 1. The van der Waals surface area contributed by atoms with Crippen LogP contribution in [0.15, 0.2) is 36.4 Å². The zero-order valence-electron chi connectivity index (χ0n) is 14.4. The van der Waals surface area contributed by atoms with Gasteiger partial charge in [-0.05, 0) is 30.3 Å². The second-order valence-electron chi connectivity index (χ2n) is 5.41. The average molecular weight is 363 g/mol. The molecule has 6 nitrogen and oxygen atoms in total. The highest BCUT2D eigenvalue weighted by atomic mass is 35.5. The summed E-state index contributed by atoms with van der Waals surface area (Å²) in [4.78, 5) is 25.9. The molecule has 132 valence electrons. The van der Waals surface area contributed by atoms with Gasteiger partial charge in [0, 0.05) is 25.8 Å². The maximum atomic E-state index is 12.5. The summed E-state index contributed by atoms with van der Waals surface area (Å²) in [6.07, 6.45) is 0. The van der Waals surface area contributed by atoms with Crippen molar-refractivity contribution < 1.29 is 19.1 Å². The van der Waals surface area contributed by atoms with E-state index >= 15 is 0 Å². The predicted octanol–water partition coefficient (Wildman–Crippen LogP) is 3.31. The van der Waals surface area contributed by atoms with Crippen LogP contribution in [-0.4, -0.2) is 45.0 Å². The van der Waals surface area contributed by atoms with Crippen molar-refractivity contribution in [2.75, 3.05) is 33.6 Å². The van der Waals surface area contributed by atoms with E-state index in [1.807, 2.05) is 0 Å². The lowest BCUT2D eigenvalue weighted by Crippen LogP contribution is -2.22. The molecule has 1 N–H and O–H groups in total. The van der Waals surface area contributed by atoms with E-state index in [1.165, 1.54) is 25.2 Å². The number of amides is 2. The lowest BCUT2D eigenvalue weighted by molar-refractivity contribution is 0.0827. The first-order valence-electron chi connectivity index (χ1n) is 7.42. The van der Waals surface area contributed by atoms with Crippen LogP contribution in [0.4, 0.5) is 5.69 Å². The highest BCUT2D eigenvalue weighted by Gasteiger charge is 2.16. The summed E-state index contributed by atoms with van der Waals surface area (Å²) in [5.41, 5.74) is 1.20. The van der Waals surface area contributed by atoms with E-state index in [-0.39, 0.29) is 16.8 Å². The molecule has 0 saturated heterocycles. The van der Waals surface area contributed by atoms with Gasteiger partial charge in [0.1, 0.15) is 11.5 Å². The Labute approximate surface area is 151 Å². The smallest absolute Gasteiger partial charge is 0.259 e. The van der Waals surface area contributed by atoms with E-state index in [0.717, 1.165) is 0 Å². The van der Waals surface area contributed by atoms with Crippen molar-refractivity contribution in [2.45, 2.75) is 0 Å². The minimum atomic E-state index is -0.359. The summed E-state index contributed by atoms with van der Waals surface area (Å²) in [6.45, 7) is 0. The lowest BCUT2D eigenvalue weighted by atomic mass is 10.1. The maximum absolute atomic E-state index is 12.5. The summed E-state index contributed by atoms with van der Waals surface area (Å²) < 4.78 is 10.3. The second-order valence-corrected chi connectivity index (χ2v) is 5.82. The molecular formula is C18H19ClN2O4. The third-order valence-corrected chi connectivity index (χ3v) is 3.83. The number of nitrogens with one attached hydrogen (secondary N) is 1. The molecule has 2 rings (SSSR count). The molecule has 2 amide bonds. The molecule has 0 radical (unpaired) electrons. The topological polar surface area (TPSA) is 67.9 Å². The van der Waals surface area contributed by atoms with E-state index in [4.69, 9.17) is 21.1 Å². The Kier molecular flexibility index (Phi) is 5.88. The van der Waals surface area contributed by atoms with Gasteiger partial charge in [0.25, 0.3) is 11.8 Å². The van der Waals surface area contributed by atoms with Crippen LogP contribution in [0.2, 0.25) is 5.02 Å². The number of anilines is 1. The Morgan fingerprint density at radius 2 is 1.68 bits per heavy atom. The van der Waals surface area contributed by atoms with Crippen molar-refractivity contribution in [2.24, 2.45) is 0 Å². The van der Waals surface area contributed by atoms with Crippen LogP contribution in [0.3, 0.4) is 0 Å². The van der Waals surface area contributed by atoms with Crippen molar-refractivity contribution >= 4 is 29.1 Å². The third-order valence-electron chi connectivity index (χ3n) is 3.52. The molecular weight excluding hydrogens is 344 g/mol. The van der Waals surface area contributed by atoms with E-state index in [9.17, 15) is 9.59 Å². The highest BCUT2D eigenvalue weighted by Crippen LogP contribution is 2.27. The van der Waals surface area contributed by atoms with Crippen molar-refractivity contribution in [3.63, 3.8) is 0 Å². The molecule has 0 heterocycles. The fraction of sp³-hybridized carbons (Fsp3) is 0.222. The van der Waals surface area contributed by atoms with Gasteiger partial charge in [-0.1, -0.05) is 11.6 Å². The number of carbonyl (C=O) groups excluding carboxylic acids is 2. The molecule has 2 aromatic rings. The molecule has 0 aromatic heterocycles. The Morgan fingerprint density at radius 3 is 2.24 bits per heavy atom. The number of hydrogen-bond donors (Lipinski definition) is 1. The standard InChI is InChI=1S/C18H19ClN2O4/c1-21(2)18(23)13-7-5-11(9-15(13)19)20-17(22)14-8-6-12(24-3)10-16(14)25-4/h5-10H,1-4H3,(H,20,22). The van der Waals surface area contributed by atoms with Crippen molar-refractivity contribution in [1.29, 1.82) is 0 Å². The van der Waals surface area contributed by atoms with Crippen LogP contribution in [0, 0.1) is 0 Å². The molecule has 0 unspecified atom stereocenters. The molecule has 0 fully saturated rings. The molecule has 0 aliphatic rings. The Hall–Kier alpha value is -2.73. The van der Waals surface area contributed by atoms with Gasteiger partial charge in [-0.15, -0.1) is 0 Å². The van der Waals surface area contributed by atoms with Gasteiger partial charge in [0.05, 0.1) is 30.4 Å². The summed E-state index contributed by atoms with van der Waals surface area (Å²) in [6, 6.07) is 9.64. The highest BCUT2D eigenvalue weighted by molar-refractivity contribution is 6.34. The van der Waals surface area contributed by atoms with Crippen molar-refractivity contribution in [3.05, 3.63) is 52.5 Å². The number of carbonyl (C=O) groups is 2. The van der Waals surface area contributed by atoms with E-state index < -0.39 is 0 Å². The van der Waals surface area contributed by atoms with Crippen LogP contribution >= 0.6 is 11.6 Å². The fourth-order valence-electron chi connectivity index (χ4n) is 2.19. The summed E-state index contributed by atoms with van der Waals surface area (Å²) in [5, 5.41) is 3.00. The average Bonchev–Trinajstić information content (AvgIpc) is 2.60.